The van der Waals surface area contributed by atoms with Crippen LogP contribution in [0.4, 0.5) is 17.6 Å². The van der Waals surface area contributed by atoms with Crippen molar-refractivity contribution in [2.75, 3.05) is 19.7 Å². The predicted octanol–water partition coefficient (Wildman–Crippen LogP) is 5.54. The molecule has 0 unspecified atom stereocenters. The van der Waals surface area contributed by atoms with Gasteiger partial charge in [0.1, 0.15) is 10.0 Å². The summed E-state index contributed by atoms with van der Waals surface area (Å²) in [4.78, 5) is 0.338. The van der Waals surface area contributed by atoms with Crippen LogP contribution in [0.25, 0.3) is 16.3 Å². The minimum absolute atomic E-state index is 0.000129. The van der Waals surface area contributed by atoms with Gasteiger partial charge in [0, 0.05) is 38.0 Å². The second kappa shape index (κ2) is 11.0. The molecule has 3 heterocycles. The van der Waals surface area contributed by atoms with Crippen molar-refractivity contribution in [1.29, 1.82) is 0 Å². The van der Waals surface area contributed by atoms with Gasteiger partial charge in [-0.05, 0) is 61.2 Å². The molecule has 0 spiro atoms. The maximum absolute atomic E-state index is 13.8. The van der Waals surface area contributed by atoms with E-state index in [1.54, 1.807) is 12.1 Å². The summed E-state index contributed by atoms with van der Waals surface area (Å²) in [6, 6.07) is 9.93. The van der Waals surface area contributed by atoms with Crippen LogP contribution in [0.3, 0.4) is 0 Å². The molecule has 0 amide bonds. The third-order valence-electron chi connectivity index (χ3n) is 8.30. The molecule has 0 aliphatic heterocycles. The van der Waals surface area contributed by atoms with E-state index in [4.69, 9.17) is 0 Å². The molecule has 6 rings (SSSR count). The van der Waals surface area contributed by atoms with Gasteiger partial charge in [0.15, 0.2) is 5.69 Å². The number of thiophene rings is 1. The fraction of sp³-hybridized carbons (Fsp3) is 0.379. The molecule has 1 N–H and O–H groups in total. The van der Waals surface area contributed by atoms with Gasteiger partial charge in [-0.3, -0.25) is 4.68 Å². The normalized spacial score (nSPS) is 18.9. The Morgan fingerprint density at radius 3 is 2.58 bits per heavy atom. The summed E-state index contributed by atoms with van der Waals surface area (Å²) in [6.45, 7) is 1.77. The van der Waals surface area contributed by atoms with Gasteiger partial charge in [0.25, 0.3) is 10.0 Å². The maximum Gasteiger partial charge on any atom is 0.435 e. The number of halogens is 4. The lowest BCUT2D eigenvalue weighted by Crippen LogP contribution is -2.37. The first-order valence-corrected chi connectivity index (χ1v) is 16.0. The van der Waals surface area contributed by atoms with E-state index in [9.17, 15) is 31.1 Å². The van der Waals surface area contributed by atoms with Gasteiger partial charge in [-0.15, -0.1) is 11.3 Å². The number of nitrogens with zero attached hydrogens (tertiary/aromatic N) is 5. The number of rotatable bonds is 8. The van der Waals surface area contributed by atoms with Crippen molar-refractivity contribution in [2.45, 2.75) is 42.5 Å². The molecular formula is C29H29F4N5O3S2. The molecule has 3 aromatic heterocycles. The summed E-state index contributed by atoms with van der Waals surface area (Å²) in [6.07, 6.45) is -0.580. The lowest BCUT2D eigenvalue weighted by molar-refractivity contribution is -0.141. The first kappa shape index (κ1) is 29.7. The fourth-order valence-corrected chi connectivity index (χ4v) is 9.29. The molecule has 228 valence electrons. The maximum atomic E-state index is 13.8. The summed E-state index contributed by atoms with van der Waals surface area (Å²) in [5.74, 6) is -0.393. The van der Waals surface area contributed by atoms with Crippen molar-refractivity contribution in [3.05, 3.63) is 82.6 Å². The average Bonchev–Trinajstić information content (AvgIpc) is 3.74. The number of aliphatic hydroxyl groups excluding tert-OH is 1. The molecule has 4 aromatic rings. The van der Waals surface area contributed by atoms with E-state index in [-0.39, 0.29) is 47.3 Å². The van der Waals surface area contributed by atoms with Crippen LogP contribution >= 0.6 is 11.3 Å². The molecule has 1 aromatic carbocycles. The van der Waals surface area contributed by atoms with Crippen LogP contribution in [0.2, 0.25) is 0 Å². The summed E-state index contributed by atoms with van der Waals surface area (Å²) in [5.41, 5.74) is 4.38. The molecule has 0 bridgehead atoms. The molecule has 0 radical (unpaired) electrons. The van der Waals surface area contributed by atoms with Crippen molar-refractivity contribution in [3.63, 3.8) is 0 Å². The number of benzene rings is 1. The number of aliphatic hydroxyl groups is 1. The van der Waals surface area contributed by atoms with Gasteiger partial charge in [-0.1, -0.05) is 18.1 Å². The average molecular weight is 636 g/mol. The molecule has 0 saturated heterocycles. The van der Waals surface area contributed by atoms with E-state index in [2.05, 4.69) is 17.1 Å². The summed E-state index contributed by atoms with van der Waals surface area (Å²) in [7, 11) is -2.68. The highest BCUT2D eigenvalue weighted by Gasteiger charge is 2.39. The zero-order valence-corrected chi connectivity index (χ0v) is 25.0. The number of hydrogen-bond acceptors (Lipinski definition) is 6. The zero-order valence-electron chi connectivity index (χ0n) is 23.3. The Labute approximate surface area is 249 Å². The topological polar surface area (TPSA) is 93.2 Å². The largest absolute Gasteiger partial charge is 0.435 e. The number of hydrogen-bond donors (Lipinski definition) is 1. The standard InChI is InChI=1S/C29H29F4N5O3S2/c1-17-22-15-34-38(21-7-5-20(30)6-8-21)23(22)13-18-3-4-19(28(17)18)16-37(11-12-39)43(40,41)27-10-9-25(42-27)24-14-26(29(31,32)33)35-36(24)2/h5-10,14-15,17,19,39H,3-4,11-13,16H2,1-2H3/t17-,19+/m0/s1. The molecule has 2 aliphatic carbocycles. The highest BCUT2D eigenvalue weighted by atomic mass is 32.2. The molecule has 0 saturated carbocycles. The third-order valence-corrected chi connectivity index (χ3v) is 11.7. The molecule has 2 atom stereocenters. The van der Waals surface area contributed by atoms with Gasteiger partial charge in [-0.2, -0.15) is 27.7 Å². The molecule has 43 heavy (non-hydrogen) atoms. The third kappa shape index (κ3) is 5.34. The Kier molecular flexibility index (Phi) is 7.60. The van der Waals surface area contributed by atoms with Crippen molar-refractivity contribution >= 4 is 21.4 Å². The lowest BCUT2D eigenvalue weighted by Gasteiger charge is -2.30. The quantitative estimate of drug-likeness (QED) is 0.203. The minimum Gasteiger partial charge on any atom is -0.395 e. The van der Waals surface area contributed by atoms with Crippen molar-refractivity contribution in [2.24, 2.45) is 13.0 Å². The second-order valence-corrected chi connectivity index (χ2v) is 14.1. The SMILES string of the molecule is C[C@@H]1C2=C(CC[C@@H]2CN(CCO)S(=O)(=O)c2ccc(-c3cc(C(F)(F)F)nn3C)s2)Cc2c1cnn2-c1ccc(F)cc1. The van der Waals surface area contributed by atoms with E-state index >= 15 is 0 Å². The van der Waals surface area contributed by atoms with Crippen molar-refractivity contribution in [1.82, 2.24) is 23.9 Å². The Morgan fingerprint density at radius 2 is 1.91 bits per heavy atom. The van der Waals surface area contributed by atoms with E-state index in [1.165, 1.54) is 46.8 Å². The van der Waals surface area contributed by atoms with Crippen LogP contribution in [0.1, 0.15) is 42.6 Å². The molecule has 8 nitrogen and oxygen atoms in total. The number of aromatic nitrogens is 4. The summed E-state index contributed by atoms with van der Waals surface area (Å²) < 4.78 is 84.8. The van der Waals surface area contributed by atoms with Crippen molar-refractivity contribution < 1.29 is 31.1 Å². The fourth-order valence-electron chi connectivity index (χ4n) is 6.30. The van der Waals surface area contributed by atoms with E-state index in [0.29, 0.717) is 11.3 Å². The number of alkyl halides is 3. The van der Waals surface area contributed by atoms with Gasteiger partial charge in [-0.25, -0.2) is 17.5 Å². The molecular weight excluding hydrogens is 606 g/mol. The molecule has 14 heteroatoms. The first-order chi connectivity index (χ1) is 20.4. The van der Waals surface area contributed by atoms with Crippen LogP contribution in [-0.4, -0.2) is 57.1 Å². The second-order valence-electron chi connectivity index (χ2n) is 10.9. The van der Waals surface area contributed by atoms with Gasteiger partial charge in [0.2, 0.25) is 0 Å². The summed E-state index contributed by atoms with van der Waals surface area (Å²) >= 11 is 0.873. The summed E-state index contributed by atoms with van der Waals surface area (Å²) in [5, 5.41) is 17.9. The number of allylic oxidation sites excluding steroid dienone is 1. The van der Waals surface area contributed by atoms with Crippen LogP contribution < -0.4 is 0 Å². The lowest BCUT2D eigenvalue weighted by atomic mass is 9.80. The highest BCUT2D eigenvalue weighted by Crippen LogP contribution is 2.48. The van der Waals surface area contributed by atoms with Crippen LogP contribution in [0.15, 0.2) is 64.0 Å². The molecule has 2 aliphatic rings. The Balaban J connectivity index is 1.25. The van der Waals surface area contributed by atoms with Crippen LogP contribution in [-0.2, 0) is 29.7 Å². The Bertz CT molecular complexity index is 1810. The Morgan fingerprint density at radius 1 is 1.16 bits per heavy atom. The first-order valence-electron chi connectivity index (χ1n) is 13.8. The monoisotopic (exact) mass is 635 g/mol. The smallest absolute Gasteiger partial charge is 0.395 e. The molecule has 0 fully saturated rings. The van der Waals surface area contributed by atoms with Gasteiger partial charge < -0.3 is 5.11 Å². The number of aryl methyl sites for hydroxylation is 1. The zero-order chi connectivity index (χ0) is 30.7. The van der Waals surface area contributed by atoms with E-state index < -0.39 is 21.9 Å². The van der Waals surface area contributed by atoms with Gasteiger partial charge in [0.05, 0.1) is 34.8 Å². The van der Waals surface area contributed by atoms with Crippen LogP contribution in [0, 0.1) is 11.7 Å². The van der Waals surface area contributed by atoms with E-state index in [1.807, 2.05) is 10.9 Å². The number of fused-ring (bicyclic) bond motifs is 1. The van der Waals surface area contributed by atoms with E-state index in [0.717, 1.165) is 51.9 Å². The van der Waals surface area contributed by atoms with Gasteiger partial charge >= 0.3 is 6.18 Å². The number of sulfonamides is 1. The Hall–Kier alpha value is -3.33. The van der Waals surface area contributed by atoms with Crippen molar-refractivity contribution in [3.8, 4) is 16.3 Å². The predicted molar refractivity (Wildman–Crippen MR) is 153 cm³/mol. The highest BCUT2D eigenvalue weighted by molar-refractivity contribution is 7.91. The minimum atomic E-state index is -4.62. The van der Waals surface area contributed by atoms with Crippen LogP contribution in [0.5, 0.6) is 0 Å².